The van der Waals surface area contributed by atoms with Crippen LogP contribution in [-0.4, -0.2) is 32.0 Å². The van der Waals surface area contributed by atoms with E-state index in [4.69, 9.17) is 16.3 Å². The van der Waals surface area contributed by atoms with Crippen LogP contribution in [0, 0.1) is 5.92 Å². The van der Waals surface area contributed by atoms with Gasteiger partial charge in [-0.25, -0.2) is 0 Å². The van der Waals surface area contributed by atoms with E-state index in [1.165, 1.54) is 6.42 Å². The lowest BCUT2D eigenvalue weighted by atomic mass is 10.1. The third-order valence-corrected chi connectivity index (χ3v) is 5.44. The van der Waals surface area contributed by atoms with Crippen molar-refractivity contribution in [3.63, 3.8) is 0 Å². The SMILES string of the molecule is O=C(CNCC1CCNC1)c1ccc(OCc2ccc(Cl)cc2Br)cc1. The standard InChI is InChI=1S/C20H22BrClN2O2/c21-19-9-17(22)4-1-16(19)13-26-18-5-2-15(3-6-18)20(25)12-24-11-14-7-8-23-10-14/h1-6,9,14,23-24H,7-8,10-13H2. The monoisotopic (exact) mass is 436 g/mol. The molecule has 1 fully saturated rings. The number of Topliss-reactive ketones (excluding diaryl/α,β-unsaturated/α-hetero) is 1. The van der Waals surface area contributed by atoms with E-state index in [0.29, 0.717) is 29.7 Å². The van der Waals surface area contributed by atoms with Gasteiger partial charge in [0.15, 0.2) is 5.78 Å². The van der Waals surface area contributed by atoms with Crippen LogP contribution in [-0.2, 0) is 6.61 Å². The average molecular weight is 438 g/mol. The van der Waals surface area contributed by atoms with Crippen LogP contribution in [0.5, 0.6) is 5.75 Å². The molecule has 0 aliphatic carbocycles. The van der Waals surface area contributed by atoms with Crippen molar-refractivity contribution in [3.8, 4) is 5.75 Å². The number of nitrogens with one attached hydrogen (secondary N) is 2. The van der Waals surface area contributed by atoms with Gasteiger partial charge in [-0.1, -0.05) is 33.6 Å². The number of carbonyl (C=O) groups excluding carboxylic acids is 1. The van der Waals surface area contributed by atoms with Gasteiger partial charge in [0, 0.05) is 20.6 Å². The second kappa shape index (κ2) is 9.51. The van der Waals surface area contributed by atoms with Crippen LogP contribution in [0.1, 0.15) is 22.3 Å². The fourth-order valence-electron chi connectivity index (χ4n) is 2.92. The molecule has 4 nitrogen and oxygen atoms in total. The zero-order valence-corrected chi connectivity index (χ0v) is 16.8. The molecule has 1 aliphatic rings. The number of halogens is 2. The van der Waals surface area contributed by atoms with E-state index >= 15 is 0 Å². The molecule has 3 rings (SSSR count). The Balaban J connectivity index is 1.47. The first kappa shape index (κ1) is 19.4. The molecule has 0 bridgehead atoms. The van der Waals surface area contributed by atoms with Crippen molar-refractivity contribution in [3.05, 3.63) is 63.1 Å². The Morgan fingerprint density at radius 2 is 2.08 bits per heavy atom. The normalized spacial score (nSPS) is 16.6. The topological polar surface area (TPSA) is 50.4 Å². The summed E-state index contributed by atoms with van der Waals surface area (Å²) in [5, 5.41) is 7.27. The lowest BCUT2D eigenvalue weighted by Crippen LogP contribution is -2.29. The maximum absolute atomic E-state index is 12.2. The summed E-state index contributed by atoms with van der Waals surface area (Å²) >= 11 is 9.42. The average Bonchev–Trinajstić information content (AvgIpc) is 3.15. The maximum atomic E-state index is 12.2. The Kier molecular flexibility index (Phi) is 7.08. The van der Waals surface area contributed by atoms with Crippen LogP contribution in [0.25, 0.3) is 0 Å². The molecule has 1 heterocycles. The van der Waals surface area contributed by atoms with E-state index in [-0.39, 0.29) is 5.78 Å². The van der Waals surface area contributed by atoms with Crippen LogP contribution in [0.3, 0.4) is 0 Å². The van der Waals surface area contributed by atoms with E-state index in [0.717, 1.165) is 35.4 Å². The fourth-order valence-corrected chi connectivity index (χ4v) is 3.71. The predicted octanol–water partition coefficient (Wildman–Crippen LogP) is 4.06. The van der Waals surface area contributed by atoms with Crippen molar-refractivity contribution in [1.82, 2.24) is 10.6 Å². The van der Waals surface area contributed by atoms with E-state index in [1.54, 1.807) is 0 Å². The predicted molar refractivity (Wildman–Crippen MR) is 108 cm³/mol. The highest BCUT2D eigenvalue weighted by Crippen LogP contribution is 2.23. The second-order valence-electron chi connectivity index (χ2n) is 6.46. The summed E-state index contributed by atoms with van der Waals surface area (Å²) in [4.78, 5) is 12.2. The van der Waals surface area contributed by atoms with Gasteiger partial charge in [-0.05, 0) is 68.4 Å². The van der Waals surface area contributed by atoms with Gasteiger partial charge in [0.2, 0.25) is 0 Å². The van der Waals surface area contributed by atoms with Gasteiger partial charge in [-0.3, -0.25) is 4.79 Å². The summed E-state index contributed by atoms with van der Waals surface area (Å²) in [6.07, 6.45) is 1.18. The summed E-state index contributed by atoms with van der Waals surface area (Å²) in [5.74, 6) is 1.46. The molecule has 1 atom stereocenters. The Morgan fingerprint density at radius 1 is 1.27 bits per heavy atom. The molecule has 1 saturated heterocycles. The van der Waals surface area contributed by atoms with E-state index < -0.39 is 0 Å². The summed E-state index contributed by atoms with van der Waals surface area (Å²) in [5.41, 5.74) is 1.71. The zero-order valence-electron chi connectivity index (χ0n) is 14.4. The third-order valence-electron chi connectivity index (χ3n) is 4.47. The largest absolute Gasteiger partial charge is 0.489 e. The molecule has 26 heavy (non-hydrogen) atoms. The molecular formula is C20H22BrClN2O2. The van der Waals surface area contributed by atoms with Gasteiger partial charge in [-0.15, -0.1) is 0 Å². The smallest absolute Gasteiger partial charge is 0.176 e. The number of hydrogen-bond acceptors (Lipinski definition) is 4. The first-order valence-corrected chi connectivity index (χ1v) is 9.90. The lowest BCUT2D eigenvalue weighted by molar-refractivity contribution is 0.0990. The number of ether oxygens (including phenoxy) is 1. The Morgan fingerprint density at radius 3 is 2.77 bits per heavy atom. The first-order chi connectivity index (χ1) is 12.6. The van der Waals surface area contributed by atoms with Gasteiger partial charge in [0.05, 0.1) is 6.54 Å². The van der Waals surface area contributed by atoms with Crippen molar-refractivity contribution in [2.24, 2.45) is 5.92 Å². The van der Waals surface area contributed by atoms with Crippen LogP contribution in [0.2, 0.25) is 5.02 Å². The molecule has 0 aromatic heterocycles. The molecule has 1 aliphatic heterocycles. The van der Waals surface area contributed by atoms with Crippen molar-refractivity contribution in [2.45, 2.75) is 13.0 Å². The van der Waals surface area contributed by atoms with E-state index in [2.05, 4.69) is 26.6 Å². The highest BCUT2D eigenvalue weighted by atomic mass is 79.9. The van der Waals surface area contributed by atoms with Crippen molar-refractivity contribution < 1.29 is 9.53 Å². The molecule has 138 valence electrons. The summed E-state index contributed by atoms with van der Waals surface area (Å²) < 4.78 is 6.71. The van der Waals surface area contributed by atoms with Crippen molar-refractivity contribution in [1.29, 1.82) is 0 Å². The number of hydrogen-bond donors (Lipinski definition) is 2. The van der Waals surface area contributed by atoms with Crippen LogP contribution in [0.4, 0.5) is 0 Å². The van der Waals surface area contributed by atoms with E-state index in [1.807, 2.05) is 42.5 Å². The van der Waals surface area contributed by atoms with E-state index in [9.17, 15) is 4.79 Å². The highest BCUT2D eigenvalue weighted by Gasteiger charge is 2.14. The molecule has 6 heteroatoms. The molecular weight excluding hydrogens is 416 g/mol. The van der Waals surface area contributed by atoms with Gasteiger partial charge in [0.1, 0.15) is 12.4 Å². The molecule has 0 saturated carbocycles. The third kappa shape index (κ3) is 5.55. The molecule has 2 aromatic carbocycles. The summed E-state index contributed by atoms with van der Waals surface area (Å²) in [6.45, 7) is 3.80. The molecule has 1 unspecified atom stereocenters. The summed E-state index contributed by atoms with van der Waals surface area (Å²) in [7, 11) is 0. The number of carbonyl (C=O) groups is 1. The van der Waals surface area contributed by atoms with Crippen LogP contribution >= 0.6 is 27.5 Å². The van der Waals surface area contributed by atoms with Crippen LogP contribution < -0.4 is 15.4 Å². The Hall–Kier alpha value is -1.40. The van der Waals surface area contributed by atoms with Crippen molar-refractivity contribution in [2.75, 3.05) is 26.2 Å². The number of ketones is 1. The Bertz CT molecular complexity index is 746. The molecule has 0 radical (unpaired) electrons. The maximum Gasteiger partial charge on any atom is 0.176 e. The molecule has 2 N–H and O–H groups in total. The minimum Gasteiger partial charge on any atom is -0.489 e. The van der Waals surface area contributed by atoms with Gasteiger partial charge >= 0.3 is 0 Å². The van der Waals surface area contributed by atoms with Gasteiger partial charge in [-0.2, -0.15) is 0 Å². The number of benzene rings is 2. The molecule has 0 amide bonds. The minimum atomic E-state index is 0.1000. The van der Waals surface area contributed by atoms with Crippen molar-refractivity contribution >= 4 is 33.3 Å². The first-order valence-electron chi connectivity index (χ1n) is 8.73. The molecule has 2 aromatic rings. The highest BCUT2D eigenvalue weighted by molar-refractivity contribution is 9.10. The lowest BCUT2D eigenvalue weighted by Gasteiger charge is -2.10. The minimum absolute atomic E-state index is 0.1000. The fraction of sp³-hybridized carbons (Fsp3) is 0.350. The second-order valence-corrected chi connectivity index (χ2v) is 7.75. The number of rotatable bonds is 8. The van der Waals surface area contributed by atoms with Gasteiger partial charge < -0.3 is 15.4 Å². The zero-order chi connectivity index (χ0) is 18.4. The van der Waals surface area contributed by atoms with Crippen LogP contribution in [0.15, 0.2) is 46.9 Å². The Labute approximate surface area is 167 Å². The molecule has 0 spiro atoms. The van der Waals surface area contributed by atoms with Gasteiger partial charge in [0.25, 0.3) is 0 Å². The quantitative estimate of drug-likeness (QED) is 0.612. The summed E-state index contributed by atoms with van der Waals surface area (Å²) in [6, 6.07) is 12.9.